The van der Waals surface area contributed by atoms with Gasteiger partial charge in [0.1, 0.15) is 0 Å². The van der Waals surface area contributed by atoms with E-state index in [1.165, 1.54) is 340 Å². The maximum atomic E-state index is 12.5. The number of hydrogen-bond donors (Lipinski definition) is 3. The highest BCUT2D eigenvalue weighted by molar-refractivity contribution is 5.76. The molecular weight excluding hydrogens is 951 g/mol. The molecule has 0 aliphatic heterocycles. The molecule has 0 heterocycles. The lowest BCUT2D eigenvalue weighted by molar-refractivity contribution is -0.123. The number of nitrogens with one attached hydrogen (secondary N) is 1. The zero-order valence-electron chi connectivity index (χ0n) is 53.2. The molecule has 0 spiro atoms. The predicted octanol–water partition coefficient (Wildman–Crippen LogP) is 24.5. The van der Waals surface area contributed by atoms with Crippen molar-refractivity contribution in [3.05, 3.63) is 48.6 Å². The summed E-state index contributed by atoms with van der Waals surface area (Å²) in [6.07, 6.45) is 97.8. The van der Waals surface area contributed by atoms with Gasteiger partial charge >= 0.3 is 0 Å². The van der Waals surface area contributed by atoms with Gasteiger partial charge in [0.25, 0.3) is 0 Å². The minimum atomic E-state index is -0.841. The van der Waals surface area contributed by atoms with E-state index in [0.717, 1.165) is 38.5 Å². The maximum Gasteiger partial charge on any atom is 0.220 e. The maximum absolute atomic E-state index is 12.5. The summed E-state index contributed by atoms with van der Waals surface area (Å²) in [6.45, 7) is 4.34. The van der Waals surface area contributed by atoms with Crippen LogP contribution in [0.3, 0.4) is 0 Å². The Hall–Kier alpha value is -1.65. The van der Waals surface area contributed by atoms with E-state index in [4.69, 9.17) is 0 Å². The van der Waals surface area contributed by atoms with Crippen LogP contribution >= 0.6 is 0 Å². The van der Waals surface area contributed by atoms with Gasteiger partial charge in [0.05, 0.1) is 18.8 Å². The van der Waals surface area contributed by atoms with E-state index in [-0.39, 0.29) is 12.5 Å². The topological polar surface area (TPSA) is 69.6 Å². The Morgan fingerprint density at radius 3 is 0.782 bits per heavy atom. The number of carbonyl (C=O) groups is 1. The van der Waals surface area contributed by atoms with Gasteiger partial charge in [-0.25, -0.2) is 0 Å². The molecule has 0 aliphatic carbocycles. The first kappa shape index (κ1) is 76.3. The van der Waals surface area contributed by atoms with Gasteiger partial charge in [-0.05, 0) is 57.8 Å². The third-order valence-electron chi connectivity index (χ3n) is 16.8. The Labute approximate surface area is 490 Å². The summed E-state index contributed by atoms with van der Waals surface area (Å²) >= 11 is 0. The zero-order valence-corrected chi connectivity index (χ0v) is 53.2. The lowest BCUT2D eigenvalue weighted by Crippen LogP contribution is -2.45. The molecule has 4 heteroatoms. The minimum Gasteiger partial charge on any atom is -0.394 e. The first-order valence-corrected chi connectivity index (χ1v) is 35.9. The zero-order chi connectivity index (χ0) is 56.2. The second-order valence-electron chi connectivity index (χ2n) is 24.7. The Kier molecular flexibility index (Phi) is 68.1. The van der Waals surface area contributed by atoms with Crippen LogP contribution in [-0.4, -0.2) is 34.9 Å². The average Bonchev–Trinajstić information content (AvgIpc) is 3.44. The van der Waals surface area contributed by atoms with Crippen molar-refractivity contribution in [2.24, 2.45) is 0 Å². The standard InChI is InChI=1S/C74H141NO3/c1-3-5-7-9-11-13-15-17-19-21-23-25-27-29-31-33-35-36-37-38-40-42-44-46-48-50-52-54-56-58-60-62-64-66-68-70-74(78)75-72(71-76)73(77)69-67-65-63-61-59-57-55-53-51-49-47-45-43-41-39-34-32-30-28-26-24-22-20-18-16-14-12-10-8-6-4-2/h15,17,21,23,27,29,67,69,72-73,76-77H,3-14,16,18-20,22,24-26,28,30-66,68,70-71H2,1-2H3,(H,75,78)/b17-15-,23-21-,29-27-,69-67+. The van der Waals surface area contributed by atoms with E-state index in [9.17, 15) is 15.0 Å². The molecule has 0 fully saturated rings. The van der Waals surface area contributed by atoms with Crippen molar-refractivity contribution in [2.75, 3.05) is 6.61 Å². The summed E-state index contributed by atoms with van der Waals surface area (Å²) < 4.78 is 0. The number of hydrogen-bond acceptors (Lipinski definition) is 3. The predicted molar refractivity (Wildman–Crippen MR) is 350 cm³/mol. The summed E-state index contributed by atoms with van der Waals surface area (Å²) in [5, 5.41) is 23.3. The molecule has 0 saturated carbocycles. The van der Waals surface area contributed by atoms with E-state index in [0.29, 0.717) is 6.42 Å². The Balaban J connectivity index is 3.42. The molecule has 0 saturated heterocycles. The molecule has 3 N–H and O–H groups in total. The quantitative estimate of drug-likeness (QED) is 0.0420. The number of aliphatic hydroxyl groups excluding tert-OH is 2. The van der Waals surface area contributed by atoms with Crippen molar-refractivity contribution < 1.29 is 15.0 Å². The van der Waals surface area contributed by atoms with E-state index >= 15 is 0 Å². The summed E-state index contributed by atoms with van der Waals surface area (Å²) in [5.41, 5.74) is 0. The number of amides is 1. The number of aliphatic hydroxyl groups is 2. The second-order valence-corrected chi connectivity index (χ2v) is 24.7. The van der Waals surface area contributed by atoms with E-state index in [2.05, 4.69) is 55.6 Å². The van der Waals surface area contributed by atoms with E-state index in [1.54, 1.807) is 6.08 Å². The van der Waals surface area contributed by atoms with Crippen LogP contribution in [0.15, 0.2) is 48.6 Å². The van der Waals surface area contributed by atoms with Crippen LogP contribution < -0.4 is 5.32 Å². The number of rotatable bonds is 67. The molecule has 78 heavy (non-hydrogen) atoms. The fraction of sp³-hybridized carbons (Fsp3) is 0.878. The van der Waals surface area contributed by atoms with Crippen LogP contribution in [0.4, 0.5) is 0 Å². The molecule has 2 unspecified atom stereocenters. The largest absolute Gasteiger partial charge is 0.394 e. The molecule has 0 aromatic carbocycles. The van der Waals surface area contributed by atoms with Crippen molar-refractivity contribution in [1.82, 2.24) is 5.32 Å². The van der Waals surface area contributed by atoms with Gasteiger partial charge in [0.15, 0.2) is 0 Å². The smallest absolute Gasteiger partial charge is 0.220 e. The number of unbranched alkanes of at least 4 members (excludes halogenated alkanes) is 54. The fourth-order valence-corrected chi connectivity index (χ4v) is 11.4. The van der Waals surface area contributed by atoms with Gasteiger partial charge in [0, 0.05) is 6.42 Å². The SMILES string of the molecule is CCCCCCC/C=C\C/C=C\C/C=C\CCCCCCCCCCCCCCCCCCCCCCC(=O)NC(CO)C(O)/C=C/CCCCCCCCCCCCCCCCCCCCCCCCCCCCCCC. The lowest BCUT2D eigenvalue weighted by atomic mass is 10.0. The molecule has 0 aromatic rings. The molecular formula is C74H141NO3. The fourth-order valence-electron chi connectivity index (χ4n) is 11.4. The van der Waals surface area contributed by atoms with Crippen LogP contribution in [0.25, 0.3) is 0 Å². The molecule has 0 radical (unpaired) electrons. The molecule has 2 atom stereocenters. The molecule has 0 bridgehead atoms. The molecule has 0 rings (SSSR count). The molecule has 0 aromatic heterocycles. The van der Waals surface area contributed by atoms with Crippen LogP contribution in [0, 0.1) is 0 Å². The van der Waals surface area contributed by atoms with Crippen molar-refractivity contribution >= 4 is 5.91 Å². The summed E-state index contributed by atoms with van der Waals surface area (Å²) in [6, 6.07) is -0.624. The van der Waals surface area contributed by atoms with Crippen LogP contribution in [0.1, 0.15) is 399 Å². The molecule has 1 amide bonds. The Bertz CT molecular complexity index is 1240. The highest BCUT2D eigenvalue weighted by Crippen LogP contribution is 2.19. The summed E-state index contributed by atoms with van der Waals surface area (Å²) in [4.78, 5) is 12.5. The van der Waals surface area contributed by atoms with Gasteiger partial charge in [0.2, 0.25) is 5.91 Å². The normalized spacial score (nSPS) is 12.9. The van der Waals surface area contributed by atoms with Crippen molar-refractivity contribution in [2.45, 2.75) is 411 Å². The lowest BCUT2D eigenvalue weighted by Gasteiger charge is -2.20. The van der Waals surface area contributed by atoms with Crippen molar-refractivity contribution in [3.63, 3.8) is 0 Å². The highest BCUT2D eigenvalue weighted by Gasteiger charge is 2.18. The second kappa shape index (κ2) is 69.6. The van der Waals surface area contributed by atoms with E-state index in [1.807, 2.05) is 6.08 Å². The van der Waals surface area contributed by atoms with Crippen molar-refractivity contribution in [3.8, 4) is 0 Å². The average molecular weight is 1090 g/mol. The van der Waals surface area contributed by atoms with E-state index < -0.39 is 12.1 Å². The molecule has 4 nitrogen and oxygen atoms in total. The van der Waals surface area contributed by atoms with Crippen LogP contribution in [-0.2, 0) is 4.79 Å². The van der Waals surface area contributed by atoms with Gasteiger partial charge in [-0.2, -0.15) is 0 Å². The van der Waals surface area contributed by atoms with Crippen molar-refractivity contribution in [1.29, 1.82) is 0 Å². The summed E-state index contributed by atoms with van der Waals surface area (Å²) in [7, 11) is 0. The number of allylic oxidation sites excluding steroid dienone is 7. The van der Waals surface area contributed by atoms with Gasteiger partial charge in [-0.1, -0.05) is 383 Å². The third kappa shape index (κ3) is 65.2. The third-order valence-corrected chi connectivity index (χ3v) is 16.8. The van der Waals surface area contributed by atoms with Gasteiger partial charge < -0.3 is 15.5 Å². The first-order valence-electron chi connectivity index (χ1n) is 35.9. The molecule has 0 aliphatic rings. The highest BCUT2D eigenvalue weighted by atomic mass is 16.3. The van der Waals surface area contributed by atoms with Gasteiger partial charge in [-0.3, -0.25) is 4.79 Å². The monoisotopic (exact) mass is 1090 g/mol. The van der Waals surface area contributed by atoms with Crippen LogP contribution in [0.5, 0.6) is 0 Å². The minimum absolute atomic E-state index is 0.0564. The van der Waals surface area contributed by atoms with Gasteiger partial charge in [-0.15, -0.1) is 0 Å². The Morgan fingerprint density at radius 1 is 0.308 bits per heavy atom. The first-order chi connectivity index (χ1) is 38.7. The summed E-state index contributed by atoms with van der Waals surface area (Å²) in [5.74, 6) is -0.0564. The number of carbonyl (C=O) groups excluding carboxylic acids is 1. The molecule has 460 valence electrons. The Morgan fingerprint density at radius 2 is 0.526 bits per heavy atom. The van der Waals surface area contributed by atoms with Crippen LogP contribution in [0.2, 0.25) is 0 Å².